The zero-order chi connectivity index (χ0) is 19.6. The molecule has 0 spiro atoms. The topological polar surface area (TPSA) is 32.6 Å². The first-order valence-corrected chi connectivity index (χ1v) is 12.0. The summed E-state index contributed by atoms with van der Waals surface area (Å²) in [7, 11) is 0. The predicted octanol–water partition coefficient (Wildman–Crippen LogP) is 8.45. The molecule has 154 valence electrons. The van der Waals surface area contributed by atoms with Crippen molar-refractivity contribution in [2.75, 3.05) is 6.54 Å². The van der Waals surface area contributed by atoms with Crippen molar-refractivity contribution in [1.29, 1.82) is 0 Å². The van der Waals surface area contributed by atoms with E-state index in [0.717, 1.165) is 23.0 Å². The second-order valence-corrected chi connectivity index (χ2v) is 8.60. The Bertz CT molecular complexity index is 501. The summed E-state index contributed by atoms with van der Waals surface area (Å²) in [6.45, 7) is 3.13. The molecule has 0 saturated heterocycles. The highest BCUT2D eigenvalue weighted by Crippen LogP contribution is 2.20. The molecule has 0 fully saturated rings. The Labute approximate surface area is 176 Å². The highest BCUT2D eigenvalue weighted by molar-refractivity contribution is 9.10. The van der Waals surface area contributed by atoms with Crippen molar-refractivity contribution in [2.45, 2.75) is 103 Å². The van der Waals surface area contributed by atoms with Crippen LogP contribution in [0.15, 0.2) is 27.7 Å². The first kappa shape index (κ1) is 24.2. The fourth-order valence-corrected chi connectivity index (χ4v) is 3.74. The van der Waals surface area contributed by atoms with Gasteiger partial charge in [0.2, 0.25) is 0 Å². The Balaban J connectivity index is 1.84. The Morgan fingerprint density at radius 2 is 1.26 bits per heavy atom. The fourth-order valence-electron chi connectivity index (χ4n) is 3.37. The maximum absolute atomic E-state index is 9.76. The molecule has 0 unspecified atom stereocenters. The van der Waals surface area contributed by atoms with Gasteiger partial charge in [-0.15, -0.1) is 0 Å². The van der Waals surface area contributed by atoms with Crippen LogP contribution < -0.4 is 0 Å². The molecule has 0 aliphatic heterocycles. The predicted molar refractivity (Wildman–Crippen MR) is 123 cm³/mol. The molecule has 1 aromatic carbocycles. The third-order valence-electron chi connectivity index (χ3n) is 5.11. The third kappa shape index (κ3) is 13.9. The molecule has 0 amide bonds. The lowest BCUT2D eigenvalue weighted by Gasteiger charge is -2.03. The van der Waals surface area contributed by atoms with Gasteiger partial charge in [0.15, 0.2) is 0 Å². The van der Waals surface area contributed by atoms with E-state index in [0.29, 0.717) is 5.75 Å². The normalized spacial score (nSPS) is 11.5. The number of aliphatic imine (C=N–C) groups is 1. The van der Waals surface area contributed by atoms with Gasteiger partial charge >= 0.3 is 0 Å². The second-order valence-electron chi connectivity index (χ2n) is 7.69. The zero-order valence-corrected chi connectivity index (χ0v) is 19.0. The number of phenols is 1. The molecule has 1 aromatic rings. The summed E-state index contributed by atoms with van der Waals surface area (Å²) in [5.41, 5.74) is 0.783. The van der Waals surface area contributed by atoms with E-state index in [4.69, 9.17) is 0 Å². The van der Waals surface area contributed by atoms with E-state index in [-0.39, 0.29) is 0 Å². The van der Waals surface area contributed by atoms with E-state index in [1.807, 2.05) is 12.1 Å². The average Bonchev–Trinajstić information content (AvgIpc) is 2.67. The van der Waals surface area contributed by atoms with Gasteiger partial charge < -0.3 is 5.11 Å². The molecular weight excluding hydrogens is 398 g/mol. The van der Waals surface area contributed by atoms with Gasteiger partial charge in [0.05, 0.1) is 0 Å². The molecule has 27 heavy (non-hydrogen) atoms. The number of aromatic hydroxyl groups is 1. The van der Waals surface area contributed by atoms with E-state index in [2.05, 4.69) is 27.8 Å². The van der Waals surface area contributed by atoms with E-state index >= 15 is 0 Å². The van der Waals surface area contributed by atoms with Crippen LogP contribution in [0.3, 0.4) is 0 Å². The maximum Gasteiger partial charge on any atom is 0.124 e. The SMILES string of the molecule is CCCCCCCCCCCCCCCCCN=Cc1cc(Br)ccc1O. The molecule has 0 aliphatic carbocycles. The Morgan fingerprint density at radius 1 is 0.778 bits per heavy atom. The van der Waals surface area contributed by atoms with Gasteiger partial charge in [-0.2, -0.15) is 0 Å². The van der Waals surface area contributed by atoms with Crippen LogP contribution in [0, 0.1) is 0 Å². The molecule has 3 heteroatoms. The minimum absolute atomic E-state index is 0.290. The van der Waals surface area contributed by atoms with Gasteiger partial charge in [-0.25, -0.2) is 0 Å². The largest absolute Gasteiger partial charge is 0.507 e. The fraction of sp³-hybridized carbons (Fsp3) is 0.708. The molecular formula is C24H40BrNO. The quantitative estimate of drug-likeness (QED) is 0.192. The first-order valence-electron chi connectivity index (χ1n) is 11.2. The Hall–Kier alpha value is -0.830. The smallest absolute Gasteiger partial charge is 0.124 e. The summed E-state index contributed by atoms with van der Waals surface area (Å²) in [6.07, 6.45) is 22.5. The molecule has 0 aromatic heterocycles. The van der Waals surface area contributed by atoms with Crippen LogP contribution in [-0.4, -0.2) is 17.9 Å². The van der Waals surface area contributed by atoms with Gasteiger partial charge in [-0.3, -0.25) is 4.99 Å². The van der Waals surface area contributed by atoms with Crippen molar-refractivity contribution in [3.05, 3.63) is 28.2 Å². The van der Waals surface area contributed by atoms with Crippen LogP contribution in [-0.2, 0) is 0 Å². The highest BCUT2D eigenvalue weighted by Gasteiger charge is 1.98. The van der Waals surface area contributed by atoms with Gasteiger partial charge in [0.1, 0.15) is 5.75 Å². The van der Waals surface area contributed by atoms with Crippen molar-refractivity contribution in [3.63, 3.8) is 0 Å². The summed E-state index contributed by atoms with van der Waals surface area (Å²) in [5.74, 6) is 0.290. The van der Waals surface area contributed by atoms with E-state index < -0.39 is 0 Å². The van der Waals surface area contributed by atoms with E-state index in [1.165, 1.54) is 89.9 Å². The first-order chi connectivity index (χ1) is 13.2. The lowest BCUT2D eigenvalue weighted by atomic mass is 10.0. The number of nitrogens with zero attached hydrogens (tertiary/aromatic N) is 1. The monoisotopic (exact) mass is 437 g/mol. The minimum Gasteiger partial charge on any atom is -0.507 e. The lowest BCUT2D eigenvalue weighted by molar-refractivity contribution is 0.474. The van der Waals surface area contributed by atoms with Crippen LogP contribution in [0.25, 0.3) is 0 Å². The summed E-state index contributed by atoms with van der Waals surface area (Å²) in [6, 6.07) is 5.42. The molecule has 0 aliphatic rings. The molecule has 0 radical (unpaired) electrons. The molecule has 1 N–H and O–H groups in total. The number of rotatable bonds is 17. The Morgan fingerprint density at radius 3 is 1.78 bits per heavy atom. The van der Waals surface area contributed by atoms with Crippen molar-refractivity contribution in [2.24, 2.45) is 4.99 Å². The highest BCUT2D eigenvalue weighted by atomic mass is 79.9. The van der Waals surface area contributed by atoms with E-state index in [1.54, 1.807) is 12.3 Å². The average molecular weight is 438 g/mol. The van der Waals surface area contributed by atoms with Gasteiger partial charge in [-0.1, -0.05) is 113 Å². The minimum atomic E-state index is 0.290. The third-order valence-corrected chi connectivity index (χ3v) is 5.60. The zero-order valence-electron chi connectivity index (χ0n) is 17.4. The summed E-state index contributed by atoms with van der Waals surface area (Å²) >= 11 is 3.42. The van der Waals surface area contributed by atoms with Crippen LogP contribution in [0.5, 0.6) is 5.75 Å². The second kappa shape index (κ2) is 17.3. The van der Waals surface area contributed by atoms with Crippen molar-refractivity contribution < 1.29 is 5.11 Å². The molecule has 1 rings (SSSR count). The standard InChI is InChI=1S/C24H40BrNO/c1-2-3-4-5-6-7-8-9-10-11-12-13-14-15-16-19-26-21-22-20-23(25)17-18-24(22)27/h17-18,20-21,27H,2-16,19H2,1H3. The van der Waals surface area contributed by atoms with Gasteiger partial charge in [-0.05, 0) is 24.6 Å². The molecule has 0 bridgehead atoms. The van der Waals surface area contributed by atoms with Crippen molar-refractivity contribution >= 4 is 22.1 Å². The van der Waals surface area contributed by atoms with Gasteiger partial charge in [0.25, 0.3) is 0 Å². The number of hydrogen-bond acceptors (Lipinski definition) is 2. The van der Waals surface area contributed by atoms with Crippen molar-refractivity contribution in [3.8, 4) is 5.75 Å². The summed E-state index contributed by atoms with van der Waals surface area (Å²) < 4.78 is 0.966. The van der Waals surface area contributed by atoms with Gasteiger partial charge in [0, 0.05) is 22.8 Å². The van der Waals surface area contributed by atoms with Crippen LogP contribution in [0.4, 0.5) is 0 Å². The number of unbranched alkanes of at least 4 members (excludes halogenated alkanes) is 14. The van der Waals surface area contributed by atoms with Crippen LogP contribution in [0.1, 0.15) is 109 Å². The lowest BCUT2D eigenvalue weighted by Crippen LogP contribution is -1.87. The van der Waals surface area contributed by atoms with E-state index in [9.17, 15) is 5.11 Å². The number of phenolic OH excluding ortho intramolecular Hbond substituents is 1. The van der Waals surface area contributed by atoms with Crippen LogP contribution >= 0.6 is 15.9 Å². The molecule has 2 nitrogen and oxygen atoms in total. The number of benzene rings is 1. The summed E-state index contributed by atoms with van der Waals surface area (Å²) in [4.78, 5) is 4.44. The molecule has 0 atom stereocenters. The maximum atomic E-state index is 9.76. The molecule has 0 saturated carbocycles. The Kier molecular flexibility index (Phi) is 15.5. The van der Waals surface area contributed by atoms with Crippen molar-refractivity contribution in [1.82, 2.24) is 0 Å². The number of hydrogen-bond donors (Lipinski definition) is 1. The number of halogens is 1. The molecule has 0 heterocycles. The van der Waals surface area contributed by atoms with Crippen LogP contribution in [0.2, 0.25) is 0 Å². The summed E-state index contributed by atoms with van der Waals surface area (Å²) in [5, 5.41) is 9.76.